The number of aryl methyl sites for hydroxylation is 1. The van der Waals surface area contributed by atoms with Gasteiger partial charge in [0.1, 0.15) is 5.82 Å². The molecule has 9 nitrogen and oxygen atoms in total. The van der Waals surface area contributed by atoms with Crippen LogP contribution in [0, 0.1) is 0 Å². The molecule has 3 rings (SSSR count). The number of esters is 1. The maximum atomic E-state index is 12.4. The van der Waals surface area contributed by atoms with Crippen molar-refractivity contribution >= 4 is 34.6 Å². The van der Waals surface area contributed by atoms with Gasteiger partial charge in [0.2, 0.25) is 0 Å². The lowest BCUT2D eigenvalue weighted by Gasteiger charge is -2.06. The Morgan fingerprint density at radius 2 is 1.97 bits per heavy atom. The summed E-state index contributed by atoms with van der Waals surface area (Å²) in [6.07, 6.45) is 0.768. The van der Waals surface area contributed by atoms with E-state index in [0.29, 0.717) is 35.6 Å². The van der Waals surface area contributed by atoms with Gasteiger partial charge >= 0.3 is 5.97 Å². The van der Waals surface area contributed by atoms with Crippen molar-refractivity contribution in [2.24, 2.45) is 23.5 Å². The Labute approximate surface area is 173 Å². The van der Waals surface area contributed by atoms with Crippen LogP contribution < -0.4 is 16.8 Å². The number of rotatable bonds is 7. The van der Waals surface area contributed by atoms with E-state index in [1.807, 2.05) is 41.9 Å². The first-order valence-corrected chi connectivity index (χ1v) is 9.41. The van der Waals surface area contributed by atoms with Gasteiger partial charge in [-0.2, -0.15) is 0 Å². The smallest absolute Gasteiger partial charge is 0.305 e. The lowest BCUT2D eigenvalue weighted by molar-refractivity contribution is -0.140. The number of aliphatic imine (C=N–C) groups is 1. The van der Waals surface area contributed by atoms with Crippen molar-refractivity contribution in [3.8, 4) is 11.4 Å². The van der Waals surface area contributed by atoms with Crippen molar-refractivity contribution in [2.75, 3.05) is 13.7 Å². The van der Waals surface area contributed by atoms with Crippen LogP contribution in [0.2, 0.25) is 0 Å². The highest BCUT2D eigenvalue weighted by molar-refractivity contribution is 5.98. The zero-order valence-electron chi connectivity index (χ0n) is 16.9. The number of aromatic nitrogens is 2. The number of nitrogens with two attached hydrogens (primary N) is 2. The van der Waals surface area contributed by atoms with Crippen LogP contribution in [0.1, 0.15) is 23.2 Å². The molecule has 0 atom stereocenters. The van der Waals surface area contributed by atoms with Gasteiger partial charge in [0.25, 0.3) is 5.91 Å². The minimum atomic E-state index is -0.298. The molecule has 2 aromatic carbocycles. The molecule has 0 aliphatic rings. The number of benzene rings is 2. The first-order chi connectivity index (χ1) is 14.4. The van der Waals surface area contributed by atoms with Crippen molar-refractivity contribution < 1.29 is 14.3 Å². The van der Waals surface area contributed by atoms with Gasteiger partial charge in [-0.15, -0.1) is 0 Å². The molecule has 1 amide bonds. The number of carbonyl (C=O) groups is 2. The molecule has 156 valence electrons. The van der Waals surface area contributed by atoms with E-state index in [1.165, 1.54) is 7.11 Å². The molecule has 3 aromatic rings. The van der Waals surface area contributed by atoms with Gasteiger partial charge in [0, 0.05) is 31.1 Å². The molecule has 0 aliphatic heterocycles. The number of ether oxygens (including phenoxy) is 1. The van der Waals surface area contributed by atoms with Crippen LogP contribution in [0.15, 0.2) is 47.5 Å². The Kier molecular flexibility index (Phi) is 6.31. The summed E-state index contributed by atoms with van der Waals surface area (Å²) in [7, 11) is 3.23. The average molecular weight is 408 g/mol. The number of hydrogen-bond acceptors (Lipinski definition) is 5. The van der Waals surface area contributed by atoms with Crippen LogP contribution in [0.4, 0.5) is 5.69 Å². The number of fused-ring (bicyclic) bond motifs is 1. The van der Waals surface area contributed by atoms with Gasteiger partial charge in [-0.1, -0.05) is 12.1 Å². The Hall–Kier alpha value is -3.88. The van der Waals surface area contributed by atoms with Crippen molar-refractivity contribution in [1.29, 1.82) is 0 Å². The highest BCUT2D eigenvalue weighted by Gasteiger charge is 2.15. The molecule has 0 radical (unpaired) electrons. The molecule has 0 saturated carbocycles. The van der Waals surface area contributed by atoms with Gasteiger partial charge in [0.05, 0.1) is 23.8 Å². The van der Waals surface area contributed by atoms with Crippen molar-refractivity contribution in [3.63, 3.8) is 0 Å². The summed E-state index contributed by atoms with van der Waals surface area (Å²) in [5.74, 6) is 0.121. The largest absolute Gasteiger partial charge is 0.469 e. The van der Waals surface area contributed by atoms with Crippen LogP contribution in [0.25, 0.3) is 22.4 Å². The zero-order chi connectivity index (χ0) is 21.7. The maximum absolute atomic E-state index is 12.4. The average Bonchev–Trinajstić information content (AvgIpc) is 3.06. The molecule has 0 unspecified atom stereocenters. The summed E-state index contributed by atoms with van der Waals surface area (Å²) in [6.45, 7) is 0.380. The number of amides is 1. The summed E-state index contributed by atoms with van der Waals surface area (Å²) >= 11 is 0. The Bertz CT molecular complexity index is 1120. The van der Waals surface area contributed by atoms with Crippen LogP contribution in [0.5, 0.6) is 0 Å². The molecular weight excluding hydrogens is 384 g/mol. The van der Waals surface area contributed by atoms with Gasteiger partial charge in [-0.3, -0.25) is 9.59 Å². The van der Waals surface area contributed by atoms with Crippen LogP contribution in [-0.4, -0.2) is 41.0 Å². The third-order valence-electron chi connectivity index (χ3n) is 4.61. The predicted octanol–water partition coefficient (Wildman–Crippen LogP) is 1.83. The third-order valence-corrected chi connectivity index (χ3v) is 4.61. The summed E-state index contributed by atoms with van der Waals surface area (Å²) in [4.78, 5) is 32.4. The highest BCUT2D eigenvalue weighted by atomic mass is 16.5. The van der Waals surface area contributed by atoms with Crippen LogP contribution >= 0.6 is 0 Å². The number of nitrogens with zero attached hydrogens (tertiary/aromatic N) is 3. The monoisotopic (exact) mass is 408 g/mol. The predicted molar refractivity (Wildman–Crippen MR) is 115 cm³/mol. The van der Waals surface area contributed by atoms with Gasteiger partial charge in [-0.05, 0) is 36.8 Å². The molecule has 5 N–H and O–H groups in total. The lowest BCUT2D eigenvalue weighted by atomic mass is 10.1. The molecule has 30 heavy (non-hydrogen) atoms. The standard InChI is InChI=1S/C21H24N6O3/c1-27-17-10-9-13(20(29)24-11-5-8-18(28)30-2)12-16(17)25-19(27)14-6-3-4-7-15(14)26-21(22)23/h3-4,6-7,9-10,12H,5,8,11H2,1-2H3,(H,24,29)(H4,22,23,26). The van der Waals surface area contributed by atoms with Crippen LogP contribution in [-0.2, 0) is 16.6 Å². The fourth-order valence-corrected chi connectivity index (χ4v) is 3.12. The number of nitrogens with one attached hydrogen (secondary N) is 1. The number of guanidine groups is 1. The fourth-order valence-electron chi connectivity index (χ4n) is 3.12. The molecular formula is C21H24N6O3. The normalized spacial score (nSPS) is 10.6. The van der Waals surface area contributed by atoms with E-state index in [-0.39, 0.29) is 24.3 Å². The molecule has 0 bridgehead atoms. The molecule has 9 heteroatoms. The van der Waals surface area contributed by atoms with E-state index in [2.05, 4.69) is 15.0 Å². The SMILES string of the molecule is COC(=O)CCCNC(=O)c1ccc2c(c1)nc(-c1ccccc1N=C(N)N)n2C. The Balaban J connectivity index is 1.85. The fraction of sp³-hybridized carbons (Fsp3) is 0.238. The summed E-state index contributed by atoms with van der Waals surface area (Å²) in [6, 6.07) is 12.7. The third kappa shape index (κ3) is 4.57. The number of imidazole rings is 1. The zero-order valence-corrected chi connectivity index (χ0v) is 16.9. The first kappa shape index (κ1) is 20.8. The van der Waals surface area contributed by atoms with Crippen molar-refractivity contribution in [1.82, 2.24) is 14.9 Å². The topological polar surface area (TPSA) is 138 Å². The summed E-state index contributed by atoms with van der Waals surface area (Å²) in [5.41, 5.74) is 14.5. The highest BCUT2D eigenvalue weighted by Crippen LogP contribution is 2.31. The van der Waals surface area contributed by atoms with E-state index < -0.39 is 0 Å². The number of hydrogen-bond donors (Lipinski definition) is 3. The Morgan fingerprint density at radius 1 is 1.20 bits per heavy atom. The Morgan fingerprint density at radius 3 is 2.70 bits per heavy atom. The van der Waals surface area contributed by atoms with E-state index in [1.54, 1.807) is 12.1 Å². The molecule has 0 saturated heterocycles. The van der Waals surface area contributed by atoms with E-state index in [9.17, 15) is 9.59 Å². The number of methoxy groups -OCH3 is 1. The first-order valence-electron chi connectivity index (χ1n) is 9.41. The number of carbonyl (C=O) groups excluding carboxylic acids is 2. The summed E-state index contributed by atoms with van der Waals surface area (Å²) < 4.78 is 6.51. The second-order valence-corrected chi connectivity index (χ2v) is 6.69. The molecule has 0 aliphatic carbocycles. The molecule has 1 heterocycles. The van der Waals surface area contributed by atoms with Crippen molar-refractivity contribution in [2.45, 2.75) is 12.8 Å². The minimum Gasteiger partial charge on any atom is -0.469 e. The lowest BCUT2D eigenvalue weighted by Crippen LogP contribution is -2.24. The van der Waals surface area contributed by atoms with Gasteiger partial charge in [-0.25, -0.2) is 9.98 Å². The molecule has 1 aromatic heterocycles. The number of para-hydroxylation sites is 1. The maximum Gasteiger partial charge on any atom is 0.305 e. The van der Waals surface area contributed by atoms with Gasteiger partial charge in [0.15, 0.2) is 5.96 Å². The van der Waals surface area contributed by atoms with Crippen molar-refractivity contribution in [3.05, 3.63) is 48.0 Å². The summed E-state index contributed by atoms with van der Waals surface area (Å²) in [5, 5.41) is 2.80. The second kappa shape index (κ2) is 9.08. The van der Waals surface area contributed by atoms with E-state index in [4.69, 9.17) is 16.5 Å². The van der Waals surface area contributed by atoms with Gasteiger partial charge < -0.3 is 26.1 Å². The van der Waals surface area contributed by atoms with E-state index >= 15 is 0 Å². The quantitative estimate of drug-likeness (QED) is 0.236. The molecule has 0 spiro atoms. The second-order valence-electron chi connectivity index (χ2n) is 6.69. The minimum absolute atomic E-state index is 0.0348. The molecule has 0 fully saturated rings. The van der Waals surface area contributed by atoms with E-state index in [0.717, 1.165) is 11.1 Å². The van der Waals surface area contributed by atoms with Crippen LogP contribution in [0.3, 0.4) is 0 Å².